The molecule has 0 aromatic carbocycles. The maximum absolute atomic E-state index is 10.1. The summed E-state index contributed by atoms with van der Waals surface area (Å²) in [5.41, 5.74) is 0. The van der Waals surface area contributed by atoms with E-state index in [1.807, 2.05) is 0 Å². The van der Waals surface area contributed by atoms with E-state index in [4.69, 9.17) is 15.7 Å². The molecule has 0 aromatic rings. The van der Waals surface area contributed by atoms with E-state index in [9.17, 15) is 8.42 Å². The minimum absolute atomic E-state index is 0. The second-order valence-corrected chi connectivity index (χ2v) is 3.47. The average molecular weight is 202 g/mol. The molecule has 0 aliphatic carbocycles. The van der Waals surface area contributed by atoms with Crippen molar-refractivity contribution in [2.45, 2.75) is 6.42 Å². The van der Waals surface area contributed by atoms with Gasteiger partial charge in [-0.1, -0.05) is 5.92 Å². The number of hydrogen-bond donors (Lipinski definition) is 1. The molecule has 0 fully saturated rings. The molecule has 0 rings (SSSR count). The van der Waals surface area contributed by atoms with Crippen molar-refractivity contribution < 1.29 is 17.7 Å². The standard InChI is InChI=1S/C6H10O4S.Na.H/c1-2-4-10-5-3-6-11(7,8)9;;/h1H,3-6H2,(H,7,8,9);;. The summed E-state index contributed by atoms with van der Waals surface area (Å²) in [5.74, 6) is 1.95. The molecule has 4 nitrogen and oxygen atoms in total. The van der Waals surface area contributed by atoms with Gasteiger partial charge in [-0.05, 0) is 6.42 Å². The van der Waals surface area contributed by atoms with Crippen molar-refractivity contribution in [3.8, 4) is 12.3 Å². The summed E-state index contributed by atoms with van der Waals surface area (Å²) < 4.78 is 33.3. The monoisotopic (exact) mass is 202 g/mol. The molecule has 0 amide bonds. The molecule has 0 aliphatic heterocycles. The van der Waals surface area contributed by atoms with Gasteiger partial charge in [0.2, 0.25) is 0 Å². The van der Waals surface area contributed by atoms with Crippen LogP contribution in [0.15, 0.2) is 0 Å². The first-order chi connectivity index (χ1) is 5.06. The van der Waals surface area contributed by atoms with E-state index in [1.165, 1.54) is 0 Å². The van der Waals surface area contributed by atoms with Crippen LogP contribution in [-0.4, -0.2) is 61.5 Å². The van der Waals surface area contributed by atoms with Crippen LogP contribution < -0.4 is 0 Å². The van der Waals surface area contributed by atoms with Crippen LogP contribution in [0.5, 0.6) is 0 Å². The Morgan fingerprint density at radius 3 is 2.50 bits per heavy atom. The maximum atomic E-state index is 10.1. The first-order valence-electron chi connectivity index (χ1n) is 3.02. The normalized spacial score (nSPS) is 10.0. The second-order valence-electron chi connectivity index (χ2n) is 1.90. The van der Waals surface area contributed by atoms with Gasteiger partial charge in [0, 0.05) is 6.61 Å². The molecule has 1 N–H and O–H groups in total. The third-order valence-corrected chi connectivity index (χ3v) is 1.68. The van der Waals surface area contributed by atoms with Gasteiger partial charge in [-0.2, -0.15) is 8.42 Å². The van der Waals surface area contributed by atoms with Crippen molar-refractivity contribution in [1.29, 1.82) is 0 Å². The molecule has 0 saturated carbocycles. The van der Waals surface area contributed by atoms with Gasteiger partial charge in [-0.3, -0.25) is 4.55 Å². The molecule has 66 valence electrons. The fourth-order valence-corrected chi connectivity index (χ4v) is 0.957. The first kappa shape index (κ1) is 14.9. The summed E-state index contributed by atoms with van der Waals surface area (Å²) >= 11 is 0. The number of ether oxygens (including phenoxy) is 1. The third kappa shape index (κ3) is 13.1. The molecular formula is C6H11NaO4S. The molecule has 0 heterocycles. The molecule has 0 saturated heterocycles. The number of terminal acetylenes is 1. The van der Waals surface area contributed by atoms with E-state index in [2.05, 4.69) is 5.92 Å². The number of rotatable bonds is 5. The van der Waals surface area contributed by atoms with E-state index in [-0.39, 0.29) is 54.9 Å². The summed E-state index contributed by atoms with van der Waals surface area (Å²) in [4.78, 5) is 0. The van der Waals surface area contributed by atoms with Crippen molar-refractivity contribution in [2.24, 2.45) is 0 Å². The molecule has 6 heteroatoms. The average Bonchev–Trinajstić information content (AvgIpc) is 1.85. The van der Waals surface area contributed by atoms with Crippen molar-refractivity contribution >= 4 is 39.7 Å². The van der Waals surface area contributed by atoms with E-state index in [0.717, 1.165) is 0 Å². The SMILES string of the molecule is C#CCOCCCS(=O)(=O)O.[NaH]. The Balaban J connectivity index is 0. The van der Waals surface area contributed by atoms with Gasteiger partial charge in [-0.15, -0.1) is 6.42 Å². The number of hydrogen-bond acceptors (Lipinski definition) is 3. The first-order valence-corrected chi connectivity index (χ1v) is 4.63. The molecule has 12 heavy (non-hydrogen) atoms. The quantitative estimate of drug-likeness (QED) is 0.276. The predicted molar refractivity (Wildman–Crippen MR) is 47.8 cm³/mol. The van der Waals surface area contributed by atoms with Gasteiger partial charge >= 0.3 is 29.6 Å². The van der Waals surface area contributed by atoms with E-state index in [1.54, 1.807) is 0 Å². The Kier molecular flexibility index (Phi) is 10.0. The summed E-state index contributed by atoms with van der Waals surface area (Å²) in [6, 6.07) is 0. The summed E-state index contributed by atoms with van der Waals surface area (Å²) in [6.07, 6.45) is 5.12. The van der Waals surface area contributed by atoms with E-state index >= 15 is 0 Å². The van der Waals surface area contributed by atoms with Crippen LogP contribution in [0.2, 0.25) is 0 Å². The third-order valence-electron chi connectivity index (χ3n) is 0.876. The van der Waals surface area contributed by atoms with Crippen LogP contribution in [0.3, 0.4) is 0 Å². The van der Waals surface area contributed by atoms with E-state index in [0.29, 0.717) is 0 Å². The van der Waals surface area contributed by atoms with Crippen LogP contribution in [0.4, 0.5) is 0 Å². The molecule has 0 unspecified atom stereocenters. The van der Waals surface area contributed by atoms with Gasteiger partial charge in [0.05, 0.1) is 5.75 Å². The van der Waals surface area contributed by atoms with Crippen LogP contribution in [0.25, 0.3) is 0 Å². The van der Waals surface area contributed by atoms with Gasteiger partial charge in [0.1, 0.15) is 6.61 Å². The van der Waals surface area contributed by atoms with E-state index < -0.39 is 10.1 Å². The molecule has 0 spiro atoms. The molecular weight excluding hydrogens is 191 g/mol. The topological polar surface area (TPSA) is 63.6 Å². The zero-order chi connectivity index (χ0) is 8.74. The van der Waals surface area contributed by atoms with Gasteiger partial charge in [0.15, 0.2) is 0 Å². The minimum atomic E-state index is -3.84. The molecule has 0 aromatic heterocycles. The van der Waals surface area contributed by atoms with Gasteiger partial charge in [-0.25, -0.2) is 0 Å². The van der Waals surface area contributed by atoms with Crippen molar-refractivity contribution in [3.05, 3.63) is 0 Å². The Morgan fingerprint density at radius 2 is 2.08 bits per heavy atom. The molecule has 0 bridgehead atoms. The van der Waals surface area contributed by atoms with Crippen LogP contribution in [0.1, 0.15) is 6.42 Å². The summed E-state index contributed by atoms with van der Waals surface area (Å²) in [7, 11) is -3.84. The van der Waals surface area contributed by atoms with Crippen molar-refractivity contribution in [2.75, 3.05) is 19.0 Å². The van der Waals surface area contributed by atoms with Crippen molar-refractivity contribution in [3.63, 3.8) is 0 Å². The Labute approximate surface area is 94.7 Å². The van der Waals surface area contributed by atoms with Crippen LogP contribution >= 0.6 is 0 Å². The zero-order valence-electron chi connectivity index (χ0n) is 5.99. The van der Waals surface area contributed by atoms with Gasteiger partial charge in [0.25, 0.3) is 10.1 Å². The fourth-order valence-electron chi connectivity index (χ4n) is 0.474. The Morgan fingerprint density at radius 1 is 1.50 bits per heavy atom. The summed E-state index contributed by atoms with van der Waals surface area (Å²) in [6.45, 7) is 0.426. The fraction of sp³-hybridized carbons (Fsp3) is 0.667. The Bertz CT molecular complexity index is 228. The predicted octanol–water partition coefficient (Wildman–Crippen LogP) is -0.734. The molecule has 0 atom stereocenters. The second kappa shape index (κ2) is 8.05. The molecule has 0 aliphatic rings. The van der Waals surface area contributed by atoms with Crippen molar-refractivity contribution in [1.82, 2.24) is 0 Å². The summed E-state index contributed by atoms with van der Waals surface area (Å²) in [5, 5.41) is 0. The van der Waals surface area contributed by atoms with Gasteiger partial charge < -0.3 is 4.74 Å². The van der Waals surface area contributed by atoms with Crippen LogP contribution in [-0.2, 0) is 14.9 Å². The Hall–Kier alpha value is 0.430. The molecule has 0 radical (unpaired) electrons. The zero-order valence-corrected chi connectivity index (χ0v) is 6.80. The van der Waals surface area contributed by atoms with Crippen LogP contribution in [0, 0.1) is 12.3 Å².